The molecule has 4 aromatic heterocycles. The summed E-state index contributed by atoms with van der Waals surface area (Å²) in [4.78, 5) is 39.9. The number of fused-ring (bicyclic) bond motifs is 2. The van der Waals surface area contributed by atoms with E-state index in [1.165, 1.54) is 35.1 Å². The van der Waals surface area contributed by atoms with Gasteiger partial charge in [-0.1, -0.05) is 47.5 Å². The monoisotopic (exact) mass is 709 g/mol. The van der Waals surface area contributed by atoms with Crippen LogP contribution in [0.15, 0.2) is 100 Å². The minimum absolute atomic E-state index is 0. The molecule has 0 aliphatic carbocycles. The van der Waals surface area contributed by atoms with Gasteiger partial charge in [0.05, 0.1) is 21.2 Å². The molecule has 211 valence electrons. The van der Waals surface area contributed by atoms with Crippen molar-refractivity contribution in [3.63, 3.8) is 0 Å². The Labute approximate surface area is 272 Å². The number of rotatable bonds is 4. The van der Waals surface area contributed by atoms with Crippen LogP contribution in [0, 0.1) is 0 Å². The molecule has 0 saturated heterocycles. The smallest absolute Gasteiger partial charge is 1.00 e. The second-order valence-electron chi connectivity index (χ2n) is 7.37. The van der Waals surface area contributed by atoms with Crippen molar-refractivity contribution in [2.45, 2.75) is 0 Å². The number of hydrogen-bond donors (Lipinski definition) is 0. The standard InChI is InChI=1S/2C13H7ClN2O2S.2ClH.Co/c2*14-11-8-3-1-2-4-10(8)18-12(17)9(11)7-16-13-15-5-6-19-13;;;/h2*1-7H;2*1H;/q;;;;+2/p-2/b2*16-7+;;;. The SMILES string of the molecule is O=c1oc2ccccc2c(Cl)c1/C=N/c1nccs1.O=c1oc2ccccc2c(Cl)c1/C=N/c1nccs1.[Cl-].[Cl-].[Co+2]. The van der Waals surface area contributed by atoms with Gasteiger partial charge in [0.2, 0.25) is 10.3 Å². The molecule has 6 rings (SSSR count). The number of para-hydroxylation sites is 2. The van der Waals surface area contributed by atoms with E-state index in [1.807, 2.05) is 12.1 Å². The maximum atomic E-state index is 11.9. The van der Waals surface area contributed by atoms with E-state index in [9.17, 15) is 9.59 Å². The molecule has 0 bridgehead atoms. The van der Waals surface area contributed by atoms with Crippen molar-refractivity contribution in [2.24, 2.45) is 9.98 Å². The normalized spacial score (nSPS) is 10.6. The third-order valence-corrected chi connectivity index (χ3v) is 7.19. The number of aromatic nitrogens is 2. The van der Waals surface area contributed by atoms with E-state index in [2.05, 4.69) is 20.0 Å². The van der Waals surface area contributed by atoms with Crippen molar-refractivity contribution in [3.8, 4) is 0 Å². The molecule has 0 unspecified atom stereocenters. The Kier molecular flexibility index (Phi) is 13.4. The maximum absolute atomic E-state index is 11.9. The fourth-order valence-electron chi connectivity index (χ4n) is 3.27. The molecule has 1 radical (unpaired) electrons. The van der Waals surface area contributed by atoms with E-state index >= 15 is 0 Å². The van der Waals surface area contributed by atoms with Gasteiger partial charge in [-0.05, 0) is 24.3 Å². The largest absolute Gasteiger partial charge is 2.00 e. The van der Waals surface area contributed by atoms with Crippen LogP contribution in [-0.4, -0.2) is 22.4 Å². The molecule has 2 aromatic carbocycles. The van der Waals surface area contributed by atoms with Gasteiger partial charge in [0.25, 0.3) is 0 Å². The van der Waals surface area contributed by atoms with Gasteiger partial charge in [-0.2, -0.15) is 0 Å². The van der Waals surface area contributed by atoms with E-state index in [4.69, 9.17) is 32.0 Å². The van der Waals surface area contributed by atoms with Gasteiger partial charge in [-0.15, -0.1) is 22.7 Å². The molecule has 6 aromatic rings. The van der Waals surface area contributed by atoms with Gasteiger partial charge in [-0.25, -0.2) is 29.5 Å². The van der Waals surface area contributed by atoms with E-state index in [0.717, 1.165) is 0 Å². The van der Waals surface area contributed by atoms with Crippen LogP contribution in [-0.2, 0) is 16.8 Å². The zero-order valence-electron chi connectivity index (χ0n) is 20.2. The minimum Gasteiger partial charge on any atom is -1.00 e. The van der Waals surface area contributed by atoms with Gasteiger partial charge in [-0.3, -0.25) is 0 Å². The van der Waals surface area contributed by atoms with E-state index in [1.54, 1.807) is 59.6 Å². The molecule has 0 saturated carbocycles. The number of nitrogens with zero attached hydrogens (tertiary/aromatic N) is 4. The zero-order valence-corrected chi connectivity index (χ0v) is 25.9. The van der Waals surface area contributed by atoms with Crippen LogP contribution in [0.3, 0.4) is 0 Å². The third kappa shape index (κ3) is 8.12. The fraction of sp³-hybridized carbons (Fsp3) is 0. The molecule has 4 heterocycles. The van der Waals surface area contributed by atoms with E-state index in [-0.39, 0.29) is 52.7 Å². The van der Waals surface area contributed by atoms with Crippen LogP contribution < -0.4 is 36.1 Å². The van der Waals surface area contributed by atoms with Gasteiger partial charge in [0.1, 0.15) is 11.2 Å². The summed E-state index contributed by atoms with van der Waals surface area (Å²) < 4.78 is 10.4. The van der Waals surface area contributed by atoms with Crippen LogP contribution in [0.5, 0.6) is 0 Å². The Bertz CT molecular complexity index is 1770. The van der Waals surface area contributed by atoms with Crippen LogP contribution in [0.4, 0.5) is 10.3 Å². The quantitative estimate of drug-likeness (QED) is 0.202. The Morgan fingerprint density at radius 3 is 1.44 bits per heavy atom. The first-order valence-electron chi connectivity index (χ1n) is 10.8. The molecule has 0 atom stereocenters. The molecule has 0 aliphatic heterocycles. The summed E-state index contributed by atoms with van der Waals surface area (Å²) in [7, 11) is 0. The number of hydrogen-bond acceptors (Lipinski definition) is 10. The molecule has 41 heavy (non-hydrogen) atoms. The first-order chi connectivity index (χ1) is 18.5. The predicted molar refractivity (Wildman–Crippen MR) is 154 cm³/mol. The molecule has 0 fully saturated rings. The Hall–Kier alpha value is -2.87. The number of benzene rings is 2. The maximum Gasteiger partial charge on any atom is 2.00 e. The van der Waals surface area contributed by atoms with Crippen molar-refractivity contribution >= 4 is 90.5 Å². The number of thiazole rings is 2. The van der Waals surface area contributed by atoms with Gasteiger partial charge in [0, 0.05) is 46.4 Å². The second kappa shape index (κ2) is 15.9. The molecular formula is C26H14Cl4CoN4O4S2. The molecule has 0 aliphatic rings. The van der Waals surface area contributed by atoms with Crippen molar-refractivity contribution in [2.75, 3.05) is 0 Å². The average Bonchev–Trinajstić information content (AvgIpc) is 3.64. The zero-order chi connectivity index (χ0) is 26.5. The Morgan fingerprint density at radius 1 is 0.683 bits per heavy atom. The van der Waals surface area contributed by atoms with Crippen LogP contribution in [0.2, 0.25) is 10.0 Å². The van der Waals surface area contributed by atoms with Crippen LogP contribution in [0.1, 0.15) is 11.1 Å². The van der Waals surface area contributed by atoms with Crippen molar-refractivity contribution in [1.29, 1.82) is 0 Å². The summed E-state index contributed by atoms with van der Waals surface area (Å²) in [5, 5.41) is 6.77. The van der Waals surface area contributed by atoms with Crippen LogP contribution in [0.25, 0.3) is 21.9 Å². The van der Waals surface area contributed by atoms with E-state index in [0.29, 0.717) is 42.2 Å². The first-order valence-corrected chi connectivity index (χ1v) is 13.3. The summed E-state index contributed by atoms with van der Waals surface area (Å²) >= 11 is 15.2. The fourth-order valence-corrected chi connectivity index (χ4v) is 4.79. The average molecular weight is 711 g/mol. The number of halogens is 4. The molecule has 0 amide bonds. The third-order valence-electron chi connectivity index (χ3n) is 5.01. The first kappa shape index (κ1) is 34.3. The molecule has 15 heteroatoms. The predicted octanol–water partition coefficient (Wildman–Crippen LogP) is 1.31. The minimum atomic E-state index is -0.510. The van der Waals surface area contributed by atoms with Crippen LogP contribution >= 0.6 is 45.9 Å². The summed E-state index contributed by atoms with van der Waals surface area (Å²) in [6.45, 7) is 0. The topological polar surface area (TPSA) is 111 Å². The molecule has 8 nitrogen and oxygen atoms in total. The van der Waals surface area contributed by atoms with Crippen molar-refractivity contribution < 1.29 is 50.4 Å². The van der Waals surface area contributed by atoms with Crippen molar-refractivity contribution in [3.05, 3.63) is 114 Å². The molecule has 0 N–H and O–H groups in total. The van der Waals surface area contributed by atoms with Gasteiger partial charge in [0.15, 0.2) is 0 Å². The van der Waals surface area contributed by atoms with E-state index < -0.39 is 11.3 Å². The second-order valence-corrected chi connectivity index (χ2v) is 9.87. The Morgan fingerprint density at radius 2 is 1.07 bits per heavy atom. The summed E-state index contributed by atoms with van der Waals surface area (Å²) in [5.74, 6) is 0. The Balaban J connectivity index is 0.000000267. The van der Waals surface area contributed by atoms with Gasteiger partial charge >= 0.3 is 28.0 Å². The molecular weight excluding hydrogens is 697 g/mol. The summed E-state index contributed by atoms with van der Waals surface area (Å²) in [6.07, 6.45) is 6.06. The number of aliphatic imine (C=N–C) groups is 2. The molecule has 0 spiro atoms. The summed E-state index contributed by atoms with van der Waals surface area (Å²) in [5.41, 5.74) is 0.368. The van der Waals surface area contributed by atoms with Crippen molar-refractivity contribution in [1.82, 2.24) is 9.97 Å². The summed E-state index contributed by atoms with van der Waals surface area (Å²) in [6, 6.07) is 14.2. The van der Waals surface area contributed by atoms with Gasteiger partial charge < -0.3 is 33.6 Å².